The van der Waals surface area contributed by atoms with Gasteiger partial charge in [-0.1, -0.05) is 30.3 Å². The molecule has 2 N–H and O–H groups in total. The van der Waals surface area contributed by atoms with Gasteiger partial charge in [-0.3, -0.25) is 0 Å². The fourth-order valence-electron chi connectivity index (χ4n) is 1.68. The topological polar surface area (TPSA) is 78.5 Å². The highest BCUT2D eigenvalue weighted by Gasteiger charge is 2.12. The Bertz CT molecular complexity index is 611. The third kappa shape index (κ3) is 1.97. The van der Waals surface area contributed by atoms with E-state index in [0.717, 1.165) is 5.56 Å². The molecule has 1 aromatic heterocycles. The fourth-order valence-corrected chi connectivity index (χ4v) is 1.68. The Labute approximate surface area is 99.1 Å². The van der Waals surface area contributed by atoms with Crippen molar-refractivity contribution in [2.75, 3.05) is 5.73 Å². The van der Waals surface area contributed by atoms with Crippen molar-refractivity contribution in [1.29, 1.82) is 10.5 Å². The predicted molar refractivity (Wildman–Crippen MR) is 63.8 cm³/mol. The molecule has 0 saturated carbocycles. The van der Waals surface area contributed by atoms with Crippen molar-refractivity contribution < 1.29 is 0 Å². The molecule has 2 aromatic rings. The van der Waals surface area contributed by atoms with Crippen LogP contribution in [-0.4, -0.2) is 4.57 Å². The Morgan fingerprint density at radius 2 is 1.82 bits per heavy atom. The van der Waals surface area contributed by atoms with Crippen molar-refractivity contribution in [1.82, 2.24) is 4.57 Å². The van der Waals surface area contributed by atoms with E-state index in [0.29, 0.717) is 17.9 Å². The highest BCUT2D eigenvalue weighted by atomic mass is 15.1. The number of nitrogens with two attached hydrogens (primary N) is 1. The van der Waals surface area contributed by atoms with E-state index in [4.69, 9.17) is 16.3 Å². The summed E-state index contributed by atoms with van der Waals surface area (Å²) in [5.41, 5.74) is 7.47. The summed E-state index contributed by atoms with van der Waals surface area (Å²) in [6.07, 6.45) is 1.61. The first-order valence-corrected chi connectivity index (χ1v) is 5.09. The van der Waals surface area contributed by atoms with E-state index in [2.05, 4.69) is 0 Å². The van der Waals surface area contributed by atoms with Gasteiger partial charge in [0, 0.05) is 12.7 Å². The zero-order chi connectivity index (χ0) is 12.3. The number of aromatic nitrogens is 1. The lowest BCUT2D eigenvalue weighted by atomic mass is 10.2. The molecule has 82 valence electrons. The van der Waals surface area contributed by atoms with E-state index >= 15 is 0 Å². The number of hydrogen-bond donors (Lipinski definition) is 1. The van der Waals surface area contributed by atoms with Gasteiger partial charge in [0.25, 0.3) is 0 Å². The van der Waals surface area contributed by atoms with Crippen LogP contribution in [0.15, 0.2) is 36.5 Å². The summed E-state index contributed by atoms with van der Waals surface area (Å²) in [4.78, 5) is 0. The number of nitrogen functional groups attached to an aromatic ring is 1. The number of hydrogen-bond acceptors (Lipinski definition) is 3. The minimum absolute atomic E-state index is 0.253. The maximum Gasteiger partial charge on any atom is 0.123 e. The summed E-state index contributed by atoms with van der Waals surface area (Å²) >= 11 is 0. The summed E-state index contributed by atoms with van der Waals surface area (Å²) in [6.45, 7) is 0.559. The molecule has 0 fully saturated rings. The minimum Gasteiger partial charge on any atom is -0.384 e. The Morgan fingerprint density at radius 3 is 2.35 bits per heavy atom. The largest absolute Gasteiger partial charge is 0.384 e. The molecule has 0 aliphatic rings. The monoisotopic (exact) mass is 223 g/mol. The second kappa shape index (κ2) is 4.42. The summed E-state index contributed by atoms with van der Waals surface area (Å²) < 4.78 is 1.71. The summed E-state index contributed by atoms with van der Waals surface area (Å²) in [5.74, 6) is 0.341. The van der Waals surface area contributed by atoms with Crippen molar-refractivity contribution in [2.45, 2.75) is 6.54 Å². The van der Waals surface area contributed by atoms with E-state index in [1.165, 1.54) is 0 Å². The SMILES string of the molecule is N#Cc1cn(Cc2ccccc2)c(N)c1C#[15N]. The first-order valence-electron chi connectivity index (χ1n) is 5.09. The maximum atomic E-state index is 8.92. The van der Waals surface area contributed by atoms with Crippen LogP contribution in [0.5, 0.6) is 0 Å². The van der Waals surface area contributed by atoms with E-state index in [-0.39, 0.29) is 5.56 Å². The molecule has 4 heteroatoms. The number of anilines is 1. The van der Waals surface area contributed by atoms with Crippen LogP contribution in [0.1, 0.15) is 16.7 Å². The molecule has 0 saturated heterocycles. The van der Waals surface area contributed by atoms with Crippen LogP contribution < -0.4 is 5.73 Å². The average molecular weight is 223 g/mol. The molecule has 1 aromatic carbocycles. The summed E-state index contributed by atoms with van der Waals surface area (Å²) in [5, 5.41) is 17.8. The maximum absolute atomic E-state index is 8.92. The first kappa shape index (κ1) is 10.8. The van der Waals surface area contributed by atoms with Crippen molar-refractivity contribution in [2.24, 2.45) is 0 Å². The van der Waals surface area contributed by atoms with Gasteiger partial charge in [0.05, 0.1) is 5.56 Å². The Kier molecular flexibility index (Phi) is 2.81. The molecule has 0 spiro atoms. The molecule has 0 amide bonds. The zero-order valence-electron chi connectivity index (χ0n) is 9.09. The average Bonchev–Trinajstić information content (AvgIpc) is 2.67. The Balaban J connectivity index is 2.39. The van der Waals surface area contributed by atoms with Crippen molar-refractivity contribution in [3.05, 3.63) is 53.2 Å². The van der Waals surface area contributed by atoms with Crippen molar-refractivity contribution in [3.8, 4) is 12.1 Å². The van der Waals surface area contributed by atoms with Gasteiger partial charge >= 0.3 is 0 Å². The predicted octanol–water partition coefficient (Wildman–Crippen LogP) is 1.86. The lowest BCUT2D eigenvalue weighted by Crippen LogP contribution is -2.03. The molecular weight excluding hydrogens is 213 g/mol. The highest BCUT2D eigenvalue weighted by molar-refractivity contribution is 5.59. The van der Waals surface area contributed by atoms with E-state index in [1.807, 2.05) is 42.5 Å². The van der Waals surface area contributed by atoms with Crippen molar-refractivity contribution in [3.63, 3.8) is 0 Å². The van der Waals surface area contributed by atoms with Gasteiger partial charge in [0.2, 0.25) is 0 Å². The normalized spacial score (nSPS) is 9.53. The summed E-state index contributed by atoms with van der Waals surface area (Å²) in [6, 6.07) is 13.7. The molecule has 4 nitrogen and oxygen atoms in total. The molecule has 0 aliphatic carbocycles. The van der Waals surface area contributed by atoms with Gasteiger partial charge in [0.1, 0.15) is 23.5 Å². The molecule has 0 unspecified atom stereocenters. The van der Waals surface area contributed by atoms with Crippen LogP contribution in [-0.2, 0) is 6.54 Å². The smallest absolute Gasteiger partial charge is 0.123 e. The van der Waals surface area contributed by atoms with Gasteiger partial charge in [-0.15, -0.1) is 0 Å². The summed E-state index contributed by atoms with van der Waals surface area (Å²) in [7, 11) is 0. The van der Waals surface area contributed by atoms with Crippen LogP contribution in [0.4, 0.5) is 5.82 Å². The standard InChI is InChI=1S/C13H10N4/c14-6-11-9-17(13(16)12(11)7-15)8-10-4-2-1-3-5-10/h1-5,9H,8,16H2/i15+1. The quantitative estimate of drug-likeness (QED) is 0.789. The van der Waals surface area contributed by atoms with Crippen LogP contribution in [0.25, 0.3) is 0 Å². The fraction of sp³-hybridized carbons (Fsp3) is 0.0769. The lowest BCUT2D eigenvalue weighted by Gasteiger charge is -2.05. The first-order chi connectivity index (χ1) is 8.26. The highest BCUT2D eigenvalue weighted by Crippen LogP contribution is 2.19. The van der Waals surface area contributed by atoms with Crippen molar-refractivity contribution >= 4 is 5.82 Å². The van der Waals surface area contributed by atoms with Gasteiger partial charge in [-0.05, 0) is 5.56 Å². The molecule has 17 heavy (non-hydrogen) atoms. The third-order valence-electron chi connectivity index (χ3n) is 2.55. The zero-order valence-corrected chi connectivity index (χ0v) is 9.09. The number of benzene rings is 1. The second-order valence-corrected chi connectivity index (χ2v) is 3.64. The molecule has 0 atom stereocenters. The third-order valence-corrected chi connectivity index (χ3v) is 2.55. The van der Waals surface area contributed by atoms with Crippen LogP contribution >= 0.6 is 0 Å². The minimum atomic E-state index is 0.253. The Hall–Kier alpha value is -2.72. The van der Waals surface area contributed by atoms with Crippen LogP contribution in [0.3, 0.4) is 0 Å². The lowest BCUT2D eigenvalue weighted by molar-refractivity contribution is 0.816. The van der Waals surface area contributed by atoms with Crippen LogP contribution in [0.2, 0.25) is 0 Å². The van der Waals surface area contributed by atoms with Gasteiger partial charge in [-0.25, -0.2) is 0 Å². The molecule has 2 rings (SSSR count). The van der Waals surface area contributed by atoms with E-state index in [9.17, 15) is 0 Å². The number of nitriles is 2. The van der Waals surface area contributed by atoms with Gasteiger partial charge < -0.3 is 10.3 Å². The Morgan fingerprint density at radius 1 is 1.12 bits per heavy atom. The molecule has 0 radical (unpaired) electrons. The van der Waals surface area contributed by atoms with Gasteiger partial charge in [-0.2, -0.15) is 10.5 Å². The van der Waals surface area contributed by atoms with Crippen LogP contribution in [0, 0.1) is 22.7 Å². The van der Waals surface area contributed by atoms with E-state index in [1.54, 1.807) is 10.8 Å². The molecule has 0 aliphatic heterocycles. The molecule has 1 heterocycles. The number of nitrogens with zero attached hydrogens (tertiary/aromatic N) is 3. The second-order valence-electron chi connectivity index (χ2n) is 3.64. The molecule has 0 bridgehead atoms. The van der Waals surface area contributed by atoms with E-state index < -0.39 is 0 Å². The van der Waals surface area contributed by atoms with Gasteiger partial charge in [0.15, 0.2) is 0 Å². The molecular formula is C13H10N4. The number of rotatable bonds is 2.